The number of allylic oxidation sites excluding steroid dienone is 2. The zero-order chi connectivity index (χ0) is 21.5. The monoisotopic (exact) mass is 406 g/mol. The van der Waals surface area contributed by atoms with Crippen LogP contribution in [-0.4, -0.2) is 26.0 Å². The Balaban J connectivity index is 1.85. The van der Waals surface area contributed by atoms with Crippen molar-refractivity contribution in [2.45, 2.75) is 32.6 Å². The van der Waals surface area contributed by atoms with Crippen LogP contribution in [0.15, 0.2) is 53.6 Å². The number of benzene rings is 2. The van der Waals surface area contributed by atoms with Crippen LogP contribution in [0.2, 0.25) is 0 Å². The SMILES string of the molecule is CCC(=O)Oc1ccc(/C=C2/CCC/C(=C\c3cccc(OC)c3)C2=O)cc1OC. The lowest BCUT2D eigenvalue weighted by molar-refractivity contribution is -0.134. The van der Waals surface area contributed by atoms with Gasteiger partial charge in [-0.1, -0.05) is 25.1 Å². The number of carbonyl (C=O) groups excluding carboxylic acids is 2. The van der Waals surface area contributed by atoms with Gasteiger partial charge in [0.1, 0.15) is 5.75 Å². The lowest BCUT2D eigenvalue weighted by Gasteiger charge is -2.17. The summed E-state index contributed by atoms with van der Waals surface area (Å²) in [4.78, 5) is 24.6. The predicted octanol–water partition coefficient (Wildman–Crippen LogP) is 5.24. The van der Waals surface area contributed by atoms with Crippen LogP contribution in [0.3, 0.4) is 0 Å². The summed E-state index contributed by atoms with van der Waals surface area (Å²) < 4.78 is 15.9. The van der Waals surface area contributed by atoms with Crippen LogP contribution in [0.5, 0.6) is 17.2 Å². The number of rotatable bonds is 6. The van der Waals surface area contributed by atoms with Crippen LogP contribution in [0.25, 0.3) is 12.2 Å². The van der Waals surface area contributed by atoms with E-state index in [0.29, 0.717) is 11.5 Å². The molecule has 0 heterocycles. The highest BCUT2D eigenvalue weighted by Gasteiger charge is 2.21. The van der Waals surface area contributed by atoms with Crippen molar-refractivity contribution >= 4 is 23.9 Å². The molecule has 0 bridgehead atoms. The van der Waals surface area contributed by atoms with Gasteiger partial charge < -0.3 is 14.2 Å². The summed E-state index contributed by atoms with van der Waals surface area (Å²) in [7, 11) is 3.15. The summed E-state index contributed by atoms with van der Waals surface area (Å²) in [5.41, 5.74) is 3.33. The number of ether oxygens (including phenoxy) is 3. The van der Waals surface area contributed by atoms with Gasteiger partial charge in [0.25, 0.3) is 0 Å². The number of esters is 1. The number of hydrogen-bond acceptors (Lipinski definition) is 5. The van der Waals surface area contributed by atoms with Crippen molar-refractivity contribution in [2.75, 3.05) is 14.2 Å². The molecule has 5 heteroatoms. The summed E-state index contributed by atoms with van der Waals surface area (Å²) >= 11 is 0. The van der Waals surface area contributed by atoms with Gasteiger partial charge in [-0.3, -0.25) is 9.59 Å². The fourth-order valence-corrected chi connectivity index (χ4v) is 3.36. The Morgan fingerprint density at radius 1 is 0.933 bits per heavy atom. The van der Waals surface area contributed by atoms with Gasteiger partial charge in [-0.15, -0.1) is 0 Å². The number of Topliss-reactive ketones (excluding diaryl/α,β-unsaturated/α-hetero) is 1. The molecule has 3 rings (SSSR count). The highest BCUT2D eigenvalue weighted by molar-refractivity contribution is 6.14. The Labute approximate surface area is 177 Å². The van der Waals surface area contributed by atoms with Gasteiger partial charge in [0, 0.05) is 17.6 Å². The van der Waals surface area contributed by atoms with E-state index in [2.05, 4.69) is 0 Å². The molecule has 2 aromatic rings. The van der Waals surface area contributed by atoms with E-state index in [-0.39, 0.29) is 18.2 Å². The first kappa shape index (κ1) is 21.4. The van der Waals surface area contributed by atoms with Crippen molar-refractivity contribution in [3.8, 4) is 17.2 Å². The average Bonchev–Trinajstić information content (AvgIpc) is 2.77. The quantitative estimate of drug-likeness (QED) is 0.373. The van der Waals surface area contributed by atoms with E-state index in [1.807, 2.05) is 42.5 Å². The summed E-state index contributed by atoms with van der Waals surface area (Å²) in [6.45, 7) is 1.74. The molecular formula is C25H26O5. The molecule has 0 aliphatic heterocycles. The van der Waals surface area contributed by atoms with Crippen molar-refractivity contribution < 1.29 is 23.8 Å². The molecule has 0 N–H and O–H groups in total. The Bertz CT molecular complexity index is 1000. The maximum absolute atomic E-state index is 13.0. The molecule has 1 aliphatic rings. The van der Waals surface area contributed by atoms with Gasteiger partial charge in [0.2, 0.25) is 0 Å². The average molecular weight is 406 g/mol. The molecule has 0 atom stereocenters. The third-order valence-electron chi connectivity index (χ3n) is 4.95. The van der Waals surface area contributed by atoms with E-state index in [9.17, 15) is 9.59 Å². The lowest BCUT2D eigenvalue weighted by Crippen LogP contribution is -2.12. The molecule has 30 heavy (non-hydrogen) atoms. The second-order valence-corrected chi connectivity index (χ2v) is 7.04. The molecular weight excluding hydrogens is 380 g/mol. The number of carbonyl (C=O) groups is 2. The molecule has 1 saturated carbocycles. The van der Waals surface area contributed by atoms with Gasteiger partial charge in [-0.05, 0) is 66.8 Å². The highest BCUT2D eigenvalue weighted by Crippen LogP contribution is 2.32. The van der Waals surface area contributed by atoms with Crippen LogP contribution in [0, 0.1) is 0 Å². The molecule has 2 aromatic carbocycles. The first-order chi connectivity index (χ1) is 14.5. The van der Waals surface area contributed by atoms with Crippen molar-refractivity contribution in [1.29, 1.82) is 0 Å². The maximum Gasteiger partial charge on any atom is 0.311 e. The second-order valence-electron chi connectivity index (χ2n) is 7.04. The minimum atomic E-state index is -0.325. The Morgan fingerprint density at radius 3 is 2.27 bits per heavy atom. The van der Waals surface area contributed by atoms with Gasteiger partial charge in [-0.2, -0.15) is 0 Å². The molecule has 1 aliphatic carbocycles. The highest BCUT2D eigenvalue weighted by atomic mass is 16.6. The summed E-state index contributed by atoms with van der Waals surface area (Å²) in [6.07, 6.45) is 6.49. The lowest BCUT2D eigenvalue weighted by atomic mass is 9.87. The normalized spacial score (nSPS) is 16.6. The number of hydrogen-bond donors (Lipinski definition) is 0. The van der Waals surface area contributed by atoms with Gasteiger partial charge in [0.15, 0.2) is 17.3 Å². The van der Waals surface area contributed by atoms with Gasteiger partial charge in [0.05, 0.1) is 14.2 Å². The molecule has 0 spiro atoms. The van der Waals surface area contributed by atoms with E-state index in [4.69, 9.17) is 14.2 Å². The van der Waals surface area contributed by atoms with E-state index >= 15 is 0 Å². The van der Waals surface area contributed by atoms with Crippen LogP contribution in [-0.2, 0) is 9.59 Å². The zero-order valence-electron chi connectivity index (χ0n) is 17.6. The summed E-state index contributed by atoms with van der Waals surface area (Å²) in [5.74, 6) is 1.33. The first-order valence-corrected chi connectivity index (χ1v) is 10.0. The second kappa shape index (κ2) is 9.92. The van der Waals surface area contributed by atoms with Crippen molar-refractivity contribution in [3.63, 3.8) is 0 Å². The summed E-state index contributed by atoms with van der Waals surface area (Å²) in [5, 5.41) is 0. The van der Waals surface area contributed by atoms with E-state index in [1.54, 1.807) is 26.2 Å². The minimum Gasteiger partial charge on any atom is -0.497 e. The van der Waals surface area contributed by atoms with Gasteiger partial charge in [-0.25, -0.2) is 0 Å². The standard InChI is InChI=1S/C25H26O5/c1-4-24(26)30-22-12-11-18(16-23(22)29-3)14-20-9-6-8-19(25(20)27)13-17-7-5-10-21(15-17)28-2/h5,7,10-16H,4,6,8-9H2,1-3H3/b19-13+,20-14-. The number of ketones is 1. The minimum absolute atomic E-state index is 0.0597. The predicted molar refractivity (Wildman–Crippen MR) is 117 cm³/mol. The van der Waals surface area contributed by atoms with Crippen LogP contribution < -0.4 is 14.2 Å². The molecule has 5 nitrogen and oxygen atoms in total. The molecule has 0 amide bonds. The Morgan fingerprint density at radius 2 is 1.63 bits per heavy atom. The molecule has 0 aromatic heterocycles. The molecule has 0 unspecified atom stereocenters. The Kier molecular flexibility index (Phi) is 7.07. The number of methoxy groups -OCH3 is 2. The molecule has 0 saturated heterocycles. The molecule has 0 radical (unpaired) electrons. The third kappa shape index (κ3) is 5.17. The molecule has 1 fully saturated rings. The van der Waals surface area contributed by atoms with E-state index in [0.717, 1.165) is 47.3 Å². The molecule has 156 valence electrons. The Hall–Kier alpha value is -3.34. The first-order valence-electron chi connectivity index (χ1n) is 10.0. The van der Waals surface area contributed by atoms with Crippen molar-refractivity contribution in [1.82, 2.24) is 0 Å². The maximum atomic E-state index is 13.0. The van der Waals surface area contributed by atoms with E-state index < -0.39 is 0 Å². The third-order valence-corrected chi connectivity index (χ3v) is 4.95. The smallest absolute Gasteiger partial charge is 0.311 e. The van der Waals surface area contributed by atoms with Crippen molar-refractivity contribution in [3.05, 3.63) is 64.7 Å². The van der Waals surface area contributed by atoms with Gasteiger partial charge >= 0.3 is 5.97 Å². The topological polar surface area (TPSA) is 61.8 Å². The fraction of sp³-hybridized carbons (Fsp3) is 0.280. The van der Waals surface area contributed by atoms with Crippen molar-refractivity contribution in [2.24, 2.45) is 0 Å². The summed E-state index contributed by atoms with van der Waals surface area (Å²) in [6, 6.07) is 13.0. The van der Waals surface area contributed by atoms with Crippen LogP contribution >= 0.6 is 0 Å². The largest absolute Gasteiger partial charge is 0.497 e. The van der Waals surface area contributed by atoms with Crippen LogP contribution in [0.1, 0.15) is 43.7 Å². The zero-order valence-corrected chi connectivity index (χ0v) is 17.6. The fourth-order valence-electron chi connectivity index (χ4n) is 3.36. The van der Waals surface area contributed by atoms with E-state index in [1.165, 1.54) is 7.11 Å². The van der Waals surface area contributed by atoms with Crippen LogP contribution in [0.4, 0.5) is 0 Å².